The molecule has 0 aliphatic heterocycles. The summed E-state index contributed by atoms with van der Waals surface area (Å²) in [5.41, 5.74) is 0. The minimum atomic E-state index is 0.817. The highest BCUT2D eigenvalue weighted by atomic mass is 14.3. The van der Waals surface area contributed by atoms with Crippen molar-refractivity contribution in [2.24, 2.45) is 35.5 Å². The van der Waals surface area contributed by atoms with Crippen molar-refractivity contribution in [3.05, 3.63) is 37.5 Å². The minimum absolute atomic E-state index is 0.817. The first-order valence-corrected chi connectivity index (χ1v) is 11.7. The molecule has 0 aromatic heterocycles. The van der Waals surface area contributed by atoms with Gasteiger partial charge in [-0.15, -0.1) is 13.2 Å². The molecule has 0 bridgehead atoms. The van der Waals surface area contributed by atoms with Crippen molar-refractivity contribution in [1.82, 2.24) is 0 Å². The van der Waals surface area contributed by atoms with Gasteiger partial charge in [-0.3, -0.25) is 0 Å². The van der Waals surface area contributed by atoms with Crippen molar-refractivity contribution in [1.29, 1.82) is 0 Å². The first-order chi connectivity index (χ1) is 12.8. The zero-order chi connectivity index (χ0) is 18.2. The molecule has 0 heterocycles. The Morgan fingerprint density at radius 1 is 0.577 bits per heavy atom. The van der Waals surface area contributed by atoms with E-state index in [1.54, 1.807) is 0 Å². The van der Waals surface area contributed by atoms with Crippen LogP contribution in [0.3, 0.4) is 0 Å². The van der Waals surface area contributed by atoms with E-state index in [0.717, 1.165) is 35.5 Å². The fourth-order valence-corrected chi connectivity index (χ4v) is 6.00. The predicted molar refractivity (Wildman–Crippen MR) is 115 cm³/mol. The highest BCUT2D eigenvalue weighted by Crippen LogP contribution is 2.42. The Bertz CT molecular complexity index is 435. The third kappa shape index (κ3) is 5.86. The highest BCUT2D eigenvalue weighted by molar-refractivity contribution is 4.97. The van der Waals surface area contributed by atoms with Gasteiger partial charge < -0.3 is 0 Å². The Morgan fingerprint density at radius 2 is 1.04 bits per heavy atom. The monoisotopic (exact) mass is 354 g/mol. The molecule has 3 aliphatic carbocycles. The second-order valence-electron chi connectivity index (χ2n) is 9.62. The summed E-state index contributed by atoms with van der Waals surface area (Å²) >= 11 is 0. The van der Waals surface area contributed by atoms with Crippen LogP contribution in [0, 0.1) is 35.5 Å². The molecule has 0 unspecified atom stereocenters. The Labute approximate surface area is 163 Å². The number of hydrogen-bond acceptors (Lipinski definition) is 0. The summed E-state index contributed by atoms with van der Waals surface area (Å²) in [4.78, 5) is 0. The van der Waals surface area contributed by atoms with Crippen LogP contribution < -0.4 is 0 Å². The Balaban J connectivity index is 1.33. The second kappa shape index (κ2) is 10.5. The third-order valence-corrected chi connectivity index (χ3v) is 7.96. The maximum absolute atomic E-state index is 4.00. The summed E-state index contributed by atoms with van der Waals surface area (Å²) in [5.74, 6) is 5.62. The van der Waals surface area contributed by atoms with Crippen molar-refractivity contribution in [2.75, 3.05) is 0 Å². The van der Waals surface area contributed by atoms with Crippen molar-refractivity contribution in [2.45, 2.75) is 89.9 Å². The molecule has 0 atom stereocenters. The highest BCUT2D eigenvalue weighted by Gasteiger charge is 2.29. The summed E-state index contributed by atoms with van der Waals surface area (Å²) in [6, 6.07) is 0. The zero-order valence-electron chi connectivity index (χ0n) is 17.1. The molecule has 3 saturated carbocycles. The van der Waals surface area contributed by atoms with E-state index in [-0.39, 0.29) is 0 Å². The molecule has 26 heavy (non-hydrogen) atoms. The topological polar surface area (TPSA) is 0 Å². The Kier molecular flexibility index (Phi) is 8.08. The molecule has 0 nitrogen and oxygen atoms in total. The van der Waals surface area contributed by atoms with Crippen LogP contribution in [0.4, 0.5) is 0 Å². The minimum Gasteiger partial charge on any atom is -0.103 e. The standard InChI is InChI=1S/C26H42/c1-3-5-6-22-7-9-23(10-8-22)11-12-24-15-19-26(20-16-24)25-17-13-21(4-2)14-18-25/h3-4,11-12,21-26H,1-2,5-10,13-20H2. The van der Waals surface area contributed by atoms with Crippen molar-refractivity contribution in [3.63, 3.8) is 0 Å². The van der Waals surface area contributed by atoms with Crippen molar-refractivity contribution in [3.8, 4) is 0 Å². The van der Waals surface area contributed by atoms with Gasteiger partial charge in [-0.2, -0.15) is 0 Å². The van der Waals surface area contributed by atoms with Crippen LogP contribution in [-0.4, -0.2) is 0 Å². The average Bonchev–Trinajstić information content (AvgIpc) is 2.72. The molecule has 3 rings (SSSR count). The predicted octanol–water partition coefficient (Wildman–Crippen LogP) is 8.11. The molecule has 0 N–H and O–H groups in total. The maximum atomic E-state index is 4.00. The van der Waals surface area contributed by atoms with E-state index < -0.39 is 0 Å². The quantitative estimate of drug-likeness (QED) is 0.405. The lowest BCUT2D eigenvalue weighted by Gasteiger charge is -2.37. The van der Waals surface area contributed by atoms with E-state index in [9.17, 15) is 0 Å². The molecule has 0 heteroatoms. The largest absolute Gasteiger partial charge is 0.103 e. The molecular weight excluding hydrogens is 312 g/mol. The van der Waals surface area contributed by atoms with Gasteiger partial charge in [0.1, 0.15) is 0 Å². The van der Waals surface area contributed by atoms with Gasteiger partial charge in [-0.1, -0.05) is 24.3 Å². The summed E-state index contributed by atoms with van der Waals surface area (Å²) in [7, 11) is 0. The lowest BCUT2D eigenvalue weighted by molar-refractivity contribution is 0.166. The van der Waals surface area contributed by atoms with Gasteiger partial charge in [0.2, 0.25) is 0 Å². The van der Waals surface area contributed by atoms with Crippen molar-refractivity contribution < 1.29 is 0 Å². The van der Waals surface area contributed by atoms with Crippen LogP contribution >= 0.6 is 0 Å². The molecule has 146 valence electrons. The molecule has 0 aromatic rings. The lowest BCUT2D eigenvalue weighted by atomic mass is 9.69. The zero-order valence-corrected chi connectivity index (χ0v) is 17.1. The van der Waals surface area contributed by atoms with Gasteiger partial charge in [-0.05, 0) is 125 Å². The second-order valence-corrected chi connectivity index (χ2v) is 9.62. The van der Waals surface area contributed by atoms with Crippen LogP contribution in [0.1, 0.15) is 89.9 Å². The SMILES string of the molecule is C=CCCC1CCC(C=CC2CCC(C3CCC(C=C)CC3)CC2)CC1. The molecule has 3 fully saturated rings. The molecule has 0 amide bonds. The summed E-state index contributed by atoms with van der Waals surface area (Å²) in [6.07, 6.45) is 29.5. The summed E-state index contributed by atoms with van der Waals surface area (Å²) in [6.45, 7) is 7.86. The Hall–Kier alpha value is -0.780. The third-order valence-electron chi connectivity index (χ3n) is 7.96. The average molecular weight is 355 g/mol. The molecule has 0 saturated heterocycles. The number of rotatable bonds is 7. The molecule has 0 spiro atoms. The van der Waals surface area contributed by atoms with Crippen LogP contribution in [0.5, 0.6) is 0 Å². The Morgan fingerprint density at radius 3 is 1.50 bits per heavy atom. The molecule has 3 aliphatic rings. The van der Waals surface area contributed by atoms with E-state index in [1.807, 2.05) is 0 Å². The van der Waals surface area contributed by atoms with Gasteiger partial charge in [0, 0.05) is 0 Å². The summed E-state index contributed by atoms with van der Waals surface area (Å²) in [5, 5.41) is 0. The van der Waals surface area contributed by atoms with Gasteiger partial charge in [0.25, 0.3) is 0 Å². The van der Waals surface area contributed by atoms with Gasteiger partial charge in [0.15, 0.2) is 0 Å². The first kappa shape index (κ1) is 20.0. The first-order valence-electron chi connectivity index (χ1n) is 11.7. The van der Waals surface area contributed by atoms with Crippen LogP contribution in [-0.2, 0) is 0 Å². The summed E-state index contributed by atoms with van der Waals surface area (Å²) < 4.78 is 0. The van der Waals surface area contributed by atoms with Crippen LogP contribution in [0.2, 0.25) is 0 Å². The number of hydrogen-bond donors (Lipinski definition) is 0. The fraction of sp³-hybridized carbons (Fsp3) is 0.769. The molecule has 0 aromatic carbocycles. The van der Waals surface area contributed by atoms with Crippen LogP contribution in [0.25, 0.3) is 0 Å². The van der Waals surface area contributed by atoms with E-state index in [0.29, 0.717) is 0 Å². The molecule has 0 radical (unpaired) electrons. The van der Waals surface area contributed by atoms with E-state index >= 15 is 0 Å². The van der Waals surface area contributed by atoms with Crippen molar-refractivity contribution >= 4 is 0 Å². The smallest absolute Gasteiger partial charge is 0.0233 e. The van der Waals surface area contributed by atoms with Gasteiger partial charge >= 0.3 is 0 Å². The van der Waals surface area contributed by atoms with Gasteiger partial charge in [0.05, 0.1) is 0 Å². The number of allylic oxidation sites excluding steroid dienone is 4. The van der Waals surface area contributed by atoms with E-state index in [2.05, 4.69) is 37.5 Å². The van der Waals surface area contributed by atoms with Gasteiger partial charge in [-0.25, -0.2) is 0 Å². The fourth-order valence-electron chi connectivity index (χ4n) is 6.00. The lowest BCUT2D eigenvalue weighted by Crippen LogP contribution is -2.25. The van der Waals surface area contributed by atoms with E-state index in [1.165, 1.54) is 89.9 Å². The van der Waals surface area contributed by atoms with Crippen LogP contribution in [0.15, 0.2) is 37.5 Å². The normalized spacial score (nSPS) is 38.9. The van der Waals surface area contributed by atoms with E-state index in [4.69, 9.17) is 0 Å². The maximum Gasteiger partial charge on any atom is -0.0233 e. The molecular formula is C26H42.